The third-order valence-corrected chi connectivity index (χ3v) is 6.89. The number of pyridine rings is 3. The van der Waals surface area contributed by atoms with Crippen LogP contribution in [0.25, 0.3) is 0 Å². The SMILES string of the molecule is Brc1cncc(Br)c1.Brc1cncc(OCc2ccccc2)c1.Nc1cncc(OCc2ccccc2)c1.[Na+].[O-]Cc1ccccc1. The fourth-order valence-electron chi connectivity index (χ4n) is 3.43. The van der Waals surface area contributed by atoms with Crippen LogP contribution in [0.15, 0.2) is 160 Å². The van der Waals surface area contributed by atoms with Gasteiger partial charge in [-0.05, 0) is 71.0 Å². The first-order valence-electron chi connectivity index (χ1n) is 13.9. The summed E-state index contributed by atoms with van der Waals surface area (Å²) >= 11 is 9.89. The molecule has 3 heterocycles. The molecule has 3 aromatic carbocycles. The molecule has 0 aliphatic rings. The summed E-state index contributed by atoms with van der Waals surface area (Å²) in [6.07, 6.45) is 10.2. The molecule has 2 N–H and O–H groups in total. The van der Waals surface area contributed by atoms with Crippen molar-refractivity contribution < 1.29 is 44.1 Å². The van der Waals surface area contributed by atoms with Gasteiger partial charge in [-0.2, -0.15) is 0 Å². The average molecular weight is 831 g/mol. The summed E-state index contributed by atoms with van der Waals surface area (Å²) in [6.45, 7) is 0.992. The quantitative estimate of drug-likeness (QED) is 0.202. The molecular weight excluding hydrogens is 799 g/mol. The molecule has 6 aromatic rings. The second kappa shape index (κ2) is 24.1. The Balaban J connectivity index is 0.000000226. The number of hydrogen-bond donors (Lipinski definition) is 1. The van der Waals surface area contributed by atoms with E-state index < -0.39 is 0 Å². The van der Waals surface area contributed by atoms with E-state index in [1.54, 1.807) is 43.2 Å². The Labute approximate surface area is 323 Å². The summed E-state index contributed by atoms with van der Waals surface area (Å²) in [5.41, 5.74) is 9.33. The van der Waals surface area contributed by atoms with E-state index in [1.165, 1.54) is 0 Å². The van der Waals surface area contributed by atoms with Crippen molar-refractivity contribution in [1.82, 2.24) is 15.0 Å². The van der Waals surface area contributed by atoms with Gasteiger partial charge >= 0.3 is 29.6 Å². The van der Waals surface area contributed by atoms with Gasteiger partial charge in [0.25, 0.3) is 0 Å². The first-order valence-corrected chi connectivity index (χ1v) is 16.3. The minimum atomic E-state index is -0.110. The fraction of sp³-hybridized carbons (Fsp3) is 0.0833. The minimum absolute atomic E-state index is 0. The summed E-state index contributed by atoms with van der Waals surface area (Å²) in [6, 6.07) is 34.9. The summed E-state index contributed by atoms with van der Waals surface area (Å²) in [5, 5.41) is 10.1. The number of halogens is 3. The average Bonchev–Trinajstić information content (AvgIpc) is 3.09. The second-order valence-electron chi connectivity index (χ2n) is 9.29. The normalized spacial score (nSPS) is 9.45. The molecule has 0 unspecified atom stereocenters. The third kappa shape index (κ3) is 18.1. The van der Waals surface area contributed by atoms with E-state index in [1.807, 2.05) is 103 Å². The van der Waals surface area contributed by atoms with Gasteiger partial charge in [0.05, 0.1) is 24.3 Å². The van der Waals surface area contributed by atoms with E-state index in [-0.39, 0.29) is 36.2 Å². The van der Waals surface area contributed by atoms with E-state index in [9.17, 15) is 5.11 Å². The number of ether oxygens (including phenoxy) is 2. The van der Waals surface area contributed by atoms with Crippen LogP contribution < -0.4 is 49.9 Å². The summed E-state index contributed by atoms with van der Waals surface area (Å²) < 4.78 is 14.0. The van der Waals surface area contributed by atoms with Crippen LogP contribution in [0.5, 0.6) is 11.5 Å². The molecule has 11 heteroatoms. The van der Waals surface area contributed by atoms with Crippen molar-refractivity contribution in [2.24, 2.45) is 0 Å². The molecule has 0 atom stereocenters. The number of nitrogen functional groups attached to an aromatic ring is 1. The largest absolute Gasteiger partial charge is 1.00 e. The van der Waals surface area contributed by atoms with Gasteiger partial charge < -0.3 is 20.3 Å². The number of benzene rings is 3. The van der Waals surface area contributed by atoms with E-state index in [0.717, 1.165) is 35.9 Å². The van der Waals surface area contributed by atoms with Crippen molar-refractivity contribution >= 4 is 53.5 Å². The number of hydrogen-bond acceptors (Lipinski definition) is 7. The van der Waals surface area contributed by atoms with Gasteiger partial charge in [0.1, 0.15) is 24.7 Å². The van der Waals surface area contributed by atoms with Crippen molar-refractivity contribution in [3.8, 4) is 11.5 Å². The number of aromatic nitrogens is 3. The van der Waals surface area contributed by atoms with Gasteiger partial charge in [-0.1, -0.05) is 96.6 Å². The van der Waals surface area contributed by atoms with Crippen LogP contribution >= 0.6 is 47.8 Å². The zero-order chi connectivity index (χ0) is 32.8. The fourth-order valence-corrected chi connectivity index (χ4v) is 4.81. The zero-order valence-electron chi connectivity index (χ0n) is 25.8. The molecule has 0 saturated carbocycles. The van der Waals surface area contributed by atoms with E-state index in [0.29, 0.717) is 24.7 Å². The number of rotatable bonds is 7. The van der Waals surface area contributed by atoms with Crippen molar-refractivity contribution in [3.05, 3.63) is 176 Å². The van der Waals surface area contributed by atoms with E-state index >= 15 is 0 Å². The van der Waals surface area contributed by atoms with Gasteiger partial charge in [0.15, 0.2) is 0 Å². The molecule has 0 radical (unpaired) electrons. The summed E-state index contributed by atoms with van der Waals surface area (Å²) in [4.78, 5) is 11.9. The molecule has 47 heavy (non-hydrogen) atoms. The smallest absolute Gasteiger partial charge is 0.851 e. The molecule has 0 bridgehead atoms. The van der Waals surface area contributed by atoms with Crippen LogP contribution in [-0.2, 0) is 19.8 Å². The Hall–Kier alpha value is -3.09. The molecular formula is C36H32Br3N4NaO3. The van der Waals surface area contributed by atoms with Gasteiger partial charge in [0, 0.05) is 38.1 Å². The summed E-state index contributed by atoms with van der Waals surface area (Å²) in [5.74, 6) is 1.46. The van der Waals surface area contributed by atoms with E-state index in [4.69, 9.17) is 15.2 Å². The van der Waals surface area contributed by atoms with Gasteiger partial charge in [-0.25, -0.2) is 0 Å². The minimum Gasteiger partial charge on any atom is -0.851 e. The molecule has 6 rings (SSSR count). The standard InChI is InChI=1S/C12H10BrNO.C12H12N2O.C7H7O.C5H3Br2N.Na/c2*13-11-6-12(8-14-7-11)15-9-10-4-2-1-3-5-10;8-6-7-4-2-1-3-5-7;6-4-1-5(7)3-8-2-4;/h1-8H,9H2;1-8H,9,13H2;1-5H,6H2;1-3H;/q;;-1;;+1. The summed E-state index contributed by atoms with van der Waals surface area (Å²) in [7, 11) is 0. The van der Waals surface area contributed by atoms with E-state index in [2.05, 4.69) is 62.7 Å². The molecule has 0 fully saturated rings. The first-order chi connectivity index (χ1) is 22.4. The maximum atomic E-state index is 10.1. The third-order valence-electron chi connectivity index (χ3n) is 5.59. The molecule has 7 nitrogen and oxygen atoms in total. The zero-order valence-corrected chi connectivity index (χ0v) is 32.5. The molecule has 3 aromatic heterocycles. The van der Waals surface area contributed by atoms with Gasteiger partial charge in [-0.15, -0.1) is 6.61 Å². The molecule has 0 spiro atoms. The van der Waals surface area contributed by atoms with Crippen LogP contribution in [-0.4, -0.2) is 15.0 Å². The number of anilines is 1. The molecule has 0 aliphatic heterocycles. The second-order valence-corrected chi connectivity index (χ2v) is 12.0. The first kappa shape index (κ1) is 40.1. The Morgan fingerprint density at radius 2 is 0.894 bits per heavy atom. The number of nitrogens with two attached hydrogens (primary N) is 1. The Morgan fingerprint density at radius 1 is 0.511 bits per heavy atom. The van der Waals surface area contributed by atoms with Gasteiger partial charge in [-0.3, -0.25) is 15.0 Å². The molecule has 236 valence electrons. The maximum absolute atomic E-state index is 10.1. The Kier molecular flexibility index (Phi) is 20.6. The van der Waals surface area contributed by atoms with Crippen molar-refractivity contribution in [2.75, 3.05) is 5.73 Å². The predicted octanol–water partition coefficient (Wildman–Crippen LogP) is 5.82. The van der Waals surface area contributed by atoms with Crippen LogP contribution in [0.1, 0.15) is 16.7 Å². The van der Waals surface area contributed by atoms with Crippen LogP contribution in [0.2, 0.25) is 0 Å². The van der Waals surface area contributed by atoms with Crippen molar-refractivity contribution in [2.45, 2.75) is 19.8 Å². The van der Waals surface area contributed by atoms with Gasteiger partial charge in [0.2, 0.25) is 0 Å². The Morgan fingerprint density at radius 3 is 1.26 bits per heavy atom. The molecule has 0 aliphatic carbocycles. The number of nitrogens with zero attached hydrogens (tertiary/aromatic N) is 3. The van der Waals surface area contributed by atoms with Crippen molar-refractivity contribution in [1.29, 1.82) is 0 Å². The topological polar surface area (TPSA) is 106 Å². The predicted molar refractivity (Wildman–Crippen MR) is 192 cm³/mol. The van der Waals surface area contributed by atoms with Crippen molar-refractivity contribution in [3.63, 3.8) is 0 Å². The van der Waals surface area contributed by atoms with Crippen LogP contribution in [0, 0.1) is 0 Å². The molecule has 0 saturated heterocycles. The Bertz CT molecular complexity index is 1590. The maximum Gasteiger partial charge on any atom is 1.00 e. The molecule has 0 amide bonds. The monoisotopic (exact) mass is 828 g/mol. The van der Waals surface area contributed by atoms with Crippen LogP contribution in [0.4, 0.5) is 5.69 Å². The van der Waals surface area contributed by atoms with Crippen LogP contribution in [0.3, 0.4) is 0 Å².